The minimum Gasteiger partial charge on any atom is -0.468 e. The van der Waals surface area contributed by atoms with Gasteiger partial charge in [-0.3, -0.25) is 4.90 Å². The maximum absolute atomic E-state index is 6.33. The Hall–Kier alpha value is -1.10. The fourth-order valence-electron chi connectivity index (χ4n) is 2.93. The van der Waals surface area contributed by atoms with Gasteiger partial charge in [0.15, 0.2) is 0 Å². The Kier molecular flexibility index (Phi) is 4.48. The average Bonchev–Trinajstić information content (AvgIpc) is 3.16. The molecular weight excluding hydrogens is 328 g/mol. The first-order valence-electron chi connectivity index (χ1n) is 7.44. The third-order valence-corrected chi connectivity index (χ3v) is 4.47. The van der Waals surface area contributed by atoms with E-state index in [4.69, 9.17) is 10.2 Å². The Morgan fingerprint density at radius 2 is 2.14 bits per heavy atom. The molecule has 2 N–H and O–H groups in total. The number of rotatable bonds is 6. The topological polar surface area (TPSA) is 42.4 Å². The second kappa shape index (κ2) is 6.34. The zero-order valence-electron chi connectivity index (χ0n) is 12.2. The summed E-state index contributed by atoms with van der Waals surface area (Å²) in [5.74, 6) is 1.00. The maximum atomic E-state index is 6.33. The minimum atomic E-state index is 0.0647. The normalized spacial score (nSPS) is 17.9. The van der Waals surface area contributed by atoms with Gasteiger partial charge in [-0.15, -0.1) is 0 Å². The van der Waals surface area contributed by atoms with E-state index in [1.807, 2.05) is 12.1 Å². The lowest BCUT2D eigenvalue weighted by atomic mass is 9.98. The van der Waals surface area contributed by atoms with Crippen LogP contribution in [0, 0.1) is 0 Å². The number of furan rings is 1. The molecule has 2 atom stereocenters. The molecule has 0 amide bonds. The fraction of sp³-hybridized carbons (Fsp3) is 0.412. The van der Waals surface area contributed by atoms with Crippen LogP contribution in [-0.4, -0.2) is 17.0 Å². The van der Waals surface area contributed by atoms with Crippen molar-refractivity contribution in [3.8, 4) is 0 Å². The Labute approximate surface area is 134 Å². The summed E-state index contributed by atoms with van der Waals surface area (Å²) < 4.78 is 6.64. The summed E-state index contributed by atoms with van der Waals surface area (Å²) >= 11 is 3.56. The summed E-state index contributed by atoms with van der Waals surface area (Å²) in [6.45, 7) is 2.90. The zero-order valence-corrected chi connectivity index (χ0v) is 13.8. The lowest BCUT2D eigenvalue weighted by Gasteiger charge is -2.34. The number of nitrogens with two attached hydrogens (primary N) is 1. The Bertz CT molecular complexity index is 578. The van der Waals surface area contributed by atoms with Crippen LogP contribution in [-0.2, 0) is 6.54 Å². The van der Waals surface area contributed by atoms with Crippen molar-refractivity contribution in [3.05, 3.63) is 58.5 Å². The Morgan fingerprint density at radius 3 is 2.71 bits per heavy atom. The Balaban J connectivity index is 1.89. The summed E-state index contributed by atoms with van der Waals surface area (Å²) in [7, 11) is 0. The van der Waals surface area contributed by atoms with E-state index >= 15 is 0 Å². The molecule has 112 valence electrons. The van der Waals surface area contributed by atoms with Crippen molar-refractivity contribution in [3.63, 3.8) is 0 Å². The largest absolute Gasteiger partial charge is 0.468 e. The van der Waals surface area contributed by atoms with Crippen LogP contribution in [0.25, 0.3) is 0 Å². The van der Waals surface area contributed by atoms with E-state index in [2.05, 4.69) is 52.0 Å². The molecule has 1 heterocycles. The number of halogens is 1. The molecule has 0 saturated heterocycles. The molecular formula is C17H21BrN2O. The van der Waals surface area contributed by atoms with Crippen molar-refractivity contribution in [1.82, 2.24) is 4.90 Å². The lowest BCUT2D eigenvalue weighted by Crippen LogP contribution is -2.40. The standard InChI is InChI=1S/C17H21BrN2O/c1-12(19)17(13-4-2-5-14(18)10-13)20(15-7-8-15)11-16-6-3-9-21-16/h2-6,9-10,12,15,17H,7-8,11,19H2,1H3. The number of nitrogens with zero attached hydrogens (tertiary/aromatic N) is 1. The maximum Gasteiger partial charge on any atom is 0.117 e. The molecule has 0 aliphatic heterocycles. The third kappa shape index (κ3) is 3.57. The van der Waals surface area contributed by atoms with Gasteiger partial charge in [-0.25, -0.2) is 0 Å². The molecule has 2 unspecified atom stereocenters. The molecule has 2 aromatic rings. The molecule has 3 nitrogen and oxygen atoms in total. The quantitative estimate of drug-likeness (QED) is 0.854. The van der Waals surface area contributed by atoms with Crippen molar-refractivity contribution < 1.29 is 4.42 Å². The highest BCUT2D eigenvalue weighted by Crippen LogP contribution is 2.37. The highest BCUT2D eigenvalue weighted by atomic mass is 79.9. The van der Waals surface area contributed by atoms with Crippen LogP contribution in [0.15, 0.2) is 51.6 Å². The van der Waals surface area contributed by atoms with Crippen molar-refractivity contribution in [1.29, 1.82) is 0 Å². The molecule has 0 spiro atoms. The highest BCUT2D eigenvalue weighted by Gasteiger charge is 2.36. The fourth-order valence-corrected chi connectivity index (χ4v) is 3.35. The van der Waals surface area contributed by atoms with E-state index in [9.17, 15) is 0 Å². The zero-order chi connectivity index (χ0) is 14.8. The Morgan fingerprint density at radius 1 is 1.33 bits per heavy atom. The second-order valence-electron chi connectivity index (χ2n) is 5.84. The van der Waals surface area contributed by atoms with Crippen LogP contribution in [0.2, 0.25) is 0 Å². The first-order chi connectivity index (χ1) is 10.1. The van der Waals surface area contributed by atoms with E-state index in [-0.39, 0.29) is 12.1 Å². The van der Waals surface area contributed by atoms with Gasteiger partial charge in [0, 0.05) is 16.6 Å². The SMILES string of the molecule is CC(N)C(c1cccc(Br)c1)N(Cc1ccco1)C1CC1. The van der Waals surface area contributed by atoms with Crippen molar-refractivity contribution in [2.45, 2.75) is 44.4 Å². The van der Waals surface area contributed by atoms with Crippen LogP contribution < -0.4 is 5.73 Å². The molecule has 1 aliphatic carbocycles. The molecule has 1 saturated carbocycles. The van der Waals surface area contributed by atoms with E-state index in [0.29, 0.717) is 6.04 Å². The second-order valence-corrected chi connectivity index (χ2v) is 6.76. The van der Waals surface area contributed by atoms with E-state index in [1.54, 1.807) is 6.26 Å². The summed E-state index contributed by atoms with van der Waals surface area (Å²) in [6.07, 6.45) is 4.23. The van der Waals surface area contributed by atoms with Crippen molar-refractivity contribution in [2.75, 3.05) is 0 Å². The van der Waals surface area contributed by atoms with Gasteiger partial charge in [0.25, 0.3) is 0 Å². The third-order valence-electron chi connectivity index (χ3n) is 3.98. The van der Waals surface area contributed by atoms with Gasteiger partial charge in [-0.05, 0) is 49.6 Å². The molecule has 3 rings (SSSR count). The van der Waals surface area contributed by atoms with Gasteiger partial charge >= 0.3 is 0 Å². The summed E-state index contributed by atoms with van der Waals surface area (Å²) in [5, 5.41) is 0. The van der Waals surface area contributed by atoms with Crippen molar-refractivity contribution in [2.24, 2.45) is 5.73 Å². The van der Waals surface area contributed by atoms with Crippen LogP contribution in [0.5, 0.6) is 0 Å². The summed E-state index contributed by atoms with van der Waals surface area (Å²) in [4.78, 5) is 2.49. The van der Waals surface area contributed by atoms with Crippen LogP contribution >= 0.6 is 15.9 Å². The smallest absolute Gasteiger partial charge is 0.117 e. The number of benzene rings is 1. The molecule has 0 radical (unpaired) electrons. The van der Waals surface area contributed by atoms with Gasteiger partial charge < -0.3 is 10.2 Å². The molecule has 0 bridgehead atoms. The van der Waals surface area contributed by atoms with Crippen LogP contribution in [0.1, 0.15) is 37.1 Å². The molecule has 1 aromatic carbocycles. The lowest BCUT2D eigenvalue weighted by molar-refractivity contribution is 0.146. The van der Waals surface area contributed by atoms with Crippen LogP contribution in [0.3, 0.4) is 0 Å². The molecule has 1 fully saturated rings. The van der Waals surface area contributed by atoms with Gasteiger partial charge in [0.2, 0.25) is 0 Å². The highest BCUT2D eigenvalue weighted by molar-refractivity contribution is 9.10. The number of hydrogen-bond acceptors (Lipinski definition) is 3. The van der Waals surface area contributed by atoms with Crippen molar-refractivity contribution >= 4 is 15.9 Å². The van der Waals surface area contributed by atoms with E-state index < -0.39 is 0 Å². The summed E-state index contributed by atoms with van der Waals surface area (Å²) in [5.41, 5.74) is 7.59. The molecule has 1 aromatic heterocycles. The average molecular weight is 349 g/mol. The predicted molar refractivity (Wildman–Crippen MR) is 87.8 cm³/mol. The summed E-state index contributed by atoms with van der Waals surface area (Å²) in [6, 6.07) is 13.3. The molecule has 4 heteroatoms. The number of hydrogen-bond donors (Lipinski definition) is 1. The van der Waals surface area contributed by atoms with Gasteiger partial charge in [0.1, 0.15) is 5.76 Å². The van der Waals surface area contributed by atoms with E-state index in [1.165, 1.54) is 18.4 Å². The van der Waals surface area contributed by atoms with Gasteiger partial charge in [-0.1, -0.05) is 28.1 Å². The monoisotopic (exact) mass is 348 g/mol. The minimum absolute atomic E-state index is 0.0647. The molecule has 1 aliphatic rings. The van der Waals surface area contributed by atoms with Gasteiger partial charge in [-0.2, -0.15) is 0 Å². The van der Waals surface area contributed by atoms with E-state index in [0.717, 1.165) is 16.8 Å². The van der Waals surface area contributed by atoms with Gasteiger partial charge in [0.05, 0.1) is 18.8 Å². The first kappa shape index (κ1) is 14.8. The predicted octanol–water partition coefficient (Wildman–Crippen LogP) is 4.10. The van der Waals surface area contributed by atoms with Crippen LogP contribution in [0.4, 0.5) is 0 Å². The molecule has 21 heavy (non-hydrogen) atoms. The first-order valence-corrected chi connectivity index (χ1v) is 8.23.